The van der Waals surface area contributed by atoms with E-state index in [-0.39, 0.29) is 31.4 Å². The van der Waals surface area contributed by atoms with Crippen LogP contribution in [0.1, 0.15) is 70.5 Å². The number of nitrogens with one attached hydrogen (secondary N) is 2. The standard InChI is InChI=1S/C27H39N3O6S/c1-6-18-10-8-11-19(16-18)23(24(32)28-15-14-22(31)35-7-2)30(20-12-9-13-20)25(33)21(17-37)29-26(34)36-27(3,4)5/h6,8,10-11,16,20-21,23,37H,1,7,9,12-15,17H2,2-5H3,(H,28,32)(H,29,34). The van der Waals surface area contributed by atoms with Gasteiger partial charge in [0, 0.05) is 18.3 Å². The predicted molar refractivity (Wildman–Crippen MR) is 145 cm³/mol. The lowest BCUT2D eigenvalue weighted by molar-refractivity contribution is -0.147. The first-order chi connectivity index (χ1) is 17.5. The lowest BCUT2D eigenvalue weighted by Crippen LogP contribution is -2.58. The smallest absolute Gasteiger partial charge is 0.408 e. The number of alkyl carbamates (subject to hydrolysis) is 1. The Morgan fingerprint density at radius 3 is 2.49 bits per heavy atom. The van der Waals surface area contributed by atoms with E-state index < -0.39 is 41.6 Å². The van der Waals surface area contributed by atoms with Gasteiger partial charge in [0.25, 0.3) is 0 Å². The molecule has 2 unspecified atom stereocenters. The maximum absolute atomic E-state index is 13.9. The van der Waals surface area contributed by atoms with Crippen LogP contribution < -0.4 is 10.6 Å². The molecule has 2 N–H and O–H groups in total. The minimum Gasteiger partial charge on any atom is -0.466 e. The highest BCUT2D eigenvalue weighted by atomic mass is 32.1. The number of rotatable bonds is 12. The third kappa shape index (κ3) is 9.10. The van der Waals surface area contributed by atoms with Gasteiger partial charge in [-0.3, -0.25) is 14.4 Å². The fourth-order valence-corrected chi connectivity index (χ4v) is 4.16. The highest BCUT2D eigenvalue weighted by Gasteiger charge is 2.41. The number of thiol groups is 1. The molecule has 0 spiro atoms. The third-order valence-electron chi connectivity index (χ3n) is 5.82. The molecule has 1 aromatic carbocycles. The minimum atomic E-state index is -1.00. The van der Waals surface area contributed by atoms with Gasteiger partial charge >= 0.3 is 12.1 Å². The van der Waals surface area contributed by atoms with Crippen molar-refractivity contribution in [3.8, 4) is 0 Å². The third-order valence-corrected chi connectivity index (χ3v) is 6.18. The first-order valence-corrected chi connectivity index (χ1v) is 13.2. The molecule has 0 radical (unpaired) electrons. The first kappa shape index (κ1) is 30.2. The monoisotopic (exact) mass is 533 g/mol. The zero-order valence-electron chi connectivity index (χ0n) is 22.1. The second kappa shape index (κ2) is 14.1. The van der Waals surface area contributed by atoms with Crippen molar-refractivity contribution >= 4 is 42.6 Å². The van der Waals surface area contributed by atoms with Gasteiger partial charge in [-0.2, -0.15) is 12.6 Å². The van der Waals surface area contributed by atoms with E-state index in [0.717, 1.165) is 24.8 Å². The second-order valence-electron chi connectivity index (χ2n) is 9.83. The SMILES string of the molecule is C=Cc1cccc(C(C(=O)NCCC(=O)OCC)N(C(=O)C(CS)NC(=O)OC(C)(C)C)C2CCC2)c1. The van der Waals surface area contributed by atoms with Crippen LogP contribution in [0.3, 0.4) is 0 Å². The zero-order valence-corrected chi connectivity index (χ0v) is 23.0. The molecule has 0 aliphatic heterocycles. The molecule has 1 aliphatic rings. The number of benzene rings is 1. The summed E-state index contributed by atoms with van der Waals surface area (Å²) in [4.78, 5) is 53.2. The van der Waals surface area contributed by atoms with Gasteiger partial charge in [-0.1, -0.05) is 30.9 Å². The van der Waals surface area contributed by atoms with Crippen LogP contribution >= 0.6 is 12.6 Å². The van der Waals surface area contributed by atoms with E-state index in [1.807, 2.05) is 6.07 Å². The molecule has 2 atom stereocenters. The van der Waals surface area contributed by atoms with Crippen molar-refractivity contribution in [2.75, 3.05) is 18.9 Å². The average molecular weight is 534 g/mol. The molecule has 10 heteroatoms. The maximum Gasteiger partial charge on any atom is 0.408 e. The molecule has 0 bridgehead atoms. The van der Waals surface area contributed by atoms with Gasteiger partial charge in [-0.25, -0.2) is 4.79 Å². The molecule has 37 heavy (non-hydrogen) atoms. The molecule has 0 aromatic heterocycles. The van der Waals surface area contributed by atoms with Crippen molar-refractivity contribution in [3.63, 3.8) is 0 Å². The summed E-state index contributed by atoms with van der Waals surface area (Å²) >= 11 is 4.31. The van der Waals surface area contributed by atoms with E-state index in [1.54, 1.807) is 56.9 Å². The van der Waals surface area contributed by atoms with Crippen LogP contribution in [0.25, 0.3) is 6.08 Å². The summed E-state index contributed by atoms with van der Waals surface area (Å²) in [7, 11) is 0. The molecule has 204 valence electrons. The quantitative estimate of drug-likeness (QED) is 0.279. The normalized spacial score (nSPS) is 14.9. The molecule has 0 heterocycles. The fourth-order valence-electron chi connectivity index (χ4n) is 3.91. The van der Waals surface area contributed by atoms with Gasteiger partial charge in [0.1, 0.15) is 17.7 Å². The van der Waals surface area contributed by atoms with Crippen molar-refractivity contribution in [2.45, 2.75) is 77.1 Å². The van der Waals surface area contributed by atoms with Crippen LogP contribution in [0, 0.1) is 0 Å². The number of esters is 1. The number of hydrogen-bond donors (Lipinski definition) is 3. The van der Waals surface area contributed by atoms with E-state index in [0.29, 0.717) is 5.56 Å². The topological polar surface area (TPSA) is 114 Å². The predicted octanol–water partition coefficient (Wildman–Crippen LogP) is 3.64. The van der Waals surface area contributed by atoms with Crippen molar-refractivity contribution in [3.05, 3.63) is 42.0 Å². The van der Waals surface area contributed by atoms with Gasteiger partial charge in [-0.15, -0.1) is 0 Å². The Bertz CT molecular complexity index is 973. The average Bonchev–Trinajstić information content (AvgIpc) is 2.79. The van der Waals surface area contributed by atoms with Gasteiger partial charge < -0.3 is 25.0 Å². The Kier molecular flexibility index (Phi) is 11.5. The number of nitrogens with zero attached hydrogens (tertiary/aromatic N) is 1. The summed E-state index contributed by atoms with van der Waals surface area (Å²) in [5.41, 5.74) is 0.649. The van der Waals surface area contributed by atoms with Crippen LogP contribution in [0.4, 0.5) is 4.79 Å². The van der Waals surface area contributed by atoms with E-state index in [1.165, 1.54) is 0 Å². The van der Waals surface area contributed by atoms with Crippen molar-refractivity contribution in [2.24, 2.45) is 0 Å². The molecule has 1 saturated carbocycles. The molecular formula is C27H39N3O6S. The van der Waals surface area contributed by atoms with E-state index in [2.05, 4.69) is 29.8 Å². The van der Waals surface area contributed by atoms with E-state index in [9.17, 15) is 19.2 Å². The molecule has 0 saturated heterocycles. The van der Waals surface area contributed by atoms with Crippen LogP contribution in [-0.2, 0) is 23.9 Å². The Morgan fingerprint density at radius 1 is 1.24 bits per heavy atom. The second-order valence-corrected chi connectivity index (χ2v) is 10.2. The number of carbonyl (C=O) groups is 4. The molecule has 9 nitrogen and oxygen atoms in total. The zero-order chi connectivity index (χ0) is 27.6. The Balaban J connectivity index is 2.38. The van der Waals surface area contributed by atoms with Gasteiger partial charge in [0.2, 0.25) is 11.8 Å². The number of ether oxygens (including phenoxy) is 2. The Morgan fingerprint density at radius 2 is 1.95 bits per heavy atom. The lowest BCUT2D eigenvalue weighted by Gasteiger charge is -2.43. The van der Waals surface area contributed by atoms with Crippen molar-refractivity contribution < 1.29 is 28.7 Å². The van der Waals surface area contributed by atoms with E-state index in [4.69, 9.17) is 9.47 Å². The molecule has 1 aliphatic carbocycles. The summed E-state index contributed by atoms with van der Waals surface area (Å²) in [5, 5.41) is 5.39. The molecule has 2 rings (SSSR count). The highest BCUT2D eigenvalue weighted by molar-refractivity contribution is 7.80. The van der Waals surface area contributed by atoms with Gasteiger partial charge in [-0.05, 0) is 64.2 Å². The Hall–Kier alpha value is -3.01. The molecule has 1 fully saturated rings. The van der Waals surface area contributed by atoms with Crippen LogP contribution in [-0.4, -0.2) is 65.4 Å². The number of carbonyl (C=O) groups excluding carboxylic acids is 4. The van der Waals surface area contributed by atoms with Crippen LogP contribution in [0.15, 0.2) is 30.8 Å². The van der Waals surface area contributed by atoms with Crippen LogP contribution in [0.2, 0.25) is 0 Å². The summed E-state index contributed by atoms with van der Waals surface area (Å²) in [6, 6.07) is 5.05. The van der Waals surface area contributed by atoms with E-state index >= 15 is 0 Å². The number of hydrogen-bond acceptors (Lipinski definition) is 7. The highest BCUT2D eigenvalue weighted by Crippen LogP contribution is 2.34. The Labute approximate surface area is 224 Å². The summed E-state index contributed by atoms with van der Waals surface area (Å²) < 4.78 is 10.3. The van der Waals surface area contributed by atoms with Crippen molar-refractivity contribution in [1.29, 1.82) is 0 Å². The molecule has 1 aromatic rings. The van der Waals surface area contributed by atoms with Crippen molar-refractivity contribution in [1.82, 2.24) is 15.5 Å². The minimum absolute atomic E-state index is 0.00976. The largest absolute Gasteiger partial charge is 0.466 e. The summed E-state index contributed by atoms with van der Waals surface area (Å²) in [6.07, 6.45) is 3.31. The summed E-state index contributed by atoms with van der Waals surface area (Å²) in [5.74, 6) is -1.26. The summed E-state index contributed by atoms with van der Waals surface area (Å²) in [6.45, 7) is 11.0. The maximum atomic E-state index is 13.9. The molecular weight excluding hydrogens is 494 g/mol. The lowest BCUT2D eigenvalue weighted by atomic mass is 9.88. The van der Waals surface area contributed by atoms with Crippen LogP contribution in [0.5, 0.6) is 0 Å². The van der Waals surface area contributed by atoms with Gasteiger partial charge in [0.15, 0.2) is 0 Å². The van der Waals surface area contributed by atoms with Gasteiger partial charge in [0.05, 0.1) is 13.0 Å². The fraction of sp³-hybridized carbons (Fsp3) is 0.556. The number of amides is 3. The first-order valence-electron chi connectivity index (χ1n) is 12.6. The molecule has 3 amide bonds.